The van der Waals surface area contributed by atoms with Crippen molar-refractivity contribution in [3.05, 3.63) is 95.3 Å². The second-order valence-electron chi connectivity index (χ2n) is 6.89. The summed E-state index contributed by atoms with van der Waals surface area (Å²) in [5, 5.41) is 7.73. The van der Waals surface area contributed by atoms with Crippen LogP contribution in [0.1, 0.15) is 41.3 Å². The molecule has 0 bridgehead atoms. The first-order valence-corrected chi connectivity index (χ1v) is 9.42. The minimum absolute atomic E-state index is 0.0335. The molecule has 0 fully saturated rings. The van der Waals surface area contributed by atoms with E-state index in [4.69, 9.17) is 0 Å². The number of carbonyl (C=O) groups is 1. The molecule has 3 aromatic rings. The average Bonchev–Trinajstić information content (AvgIpc) is 3.12. The Morgan fingerprint density at radius 3 is 2.63 bits per heavy atom. The Morgan fingerprint density at radius 2 is 1.85 bits per heavy atom. The van der Waals surface area contributed by atoms with Gasteiger partial charge >= 0.3 is 0 Å². The van der Waals surface area contributed by atoms with E-state index in [-0.39, 0.29) is 11.9 Å². The lowest BCUT2D eigenvalue weighted by atomic mass is 9.93. The summed E-state index contributed by atoms with van der Waals surface area (Å²) in [6, 6.07) is 20.2. The summed E-state index contributed by atoms with van der Waals surface area (Å²) < 4.78 is 2.07. The van der Waals surface area contributed by atoms with E-state index in [1.807, 2.05) is 60.8 Å². The number of benzene rings is 2. The Kier molecular flexibility index (Phi) is 5.15. The lowest BCUT2D eigenvalue weighted by Gasteiger charge is -2.23. The van der Waals surface area contributed by atoms with Gasteiger partial charge in [-0.15, -0.1) is 0 Å². The molecule has 1 heterocycles. The molecule has 0 spiro atoms. The van der Waals surface area contributed by atoms with Gasteiger partial charge < -0.3 is 5.32 Å². The van der Waals surface area contributed by atoms with Crippen LogP contribution in [-0.4, -0.2) is 15.7 Å². The van der Waals surface area contributed by atoms with Gasteiger partial charge in [0, 0.05) is 17.3 Å². The highest BCUT2D eigenvalue weighted by Gasteiger charge is 2.25. The number of amides is 1. The number of nitrogens with one attached hydrogen (secondary N) is 1. The smallest absolute Gasteiger partial charge is 0.244 e. The molecule has 0 radical (unpaired) electrons. The molecule has 4 heteroatoms. The van der Waals surface area contributed by atoms with Crippen molar-refractivity contribution in [2.45, 2.75) is 31.8 Å². The van der Waals surface area contributed by atoms with Crippen LogP contribution in [0.15, 0.2) is 72.9 Å². The molecule has 136 valence electrons. The van der Waals surface area contributed by atoms with Crippen molar-refractivity contribution >= 4 is 12.0 Å². The maximum Gasteiger partial charge on any atom is 0.244 e. The predicted molar refractivity (Wildman–Crippen MR) is 107 cm³/mol. The van der Waals surface area contributed by atoms with E-state index in [1.54, 1.807) is 6.08 Å². The molecule has 2 aromatic carbocycles. The van der Waals surface area contributed by atoms with E-state index in [9.17, 15) is 4.79 Å². The molecule has 1 N–H and O–H groups in total. The molecule has 1 amide bonds. The van der Waals surface area contributed by atoms with Crippen molar-refractivity contribution in [3.8, 4) is 0 Å². The van der Waals surface area contributed by atoms with Crippen LogP contribution in [0.3, 0.4) is 0 Å². The van der Waals surface area contributed by atoms with Gasteiger partial charge in [0.1, 0.15) is 0 Å². The standard InChI is InChI=1S/C23H23N3O/c27-23(15-14-18-8-3-1-4-9-18)25-21-12-7-13-22-20(21)16-24-26(22)17-19-10-5-2-6-11-19/h1-6,8-11,14-16,21H,7,12-13,17H2,(H,25,27)/b15-14+/t21-/m0/s1. The summed E-state index contributed by atoms with van der Waals surface area (Å²) in [4.78, 5) is 12.4. The monoisotopic (exact) mass is 357 g/mol. The Balaban J connectivity index is 1.46. The number of hydrogen-bond donors (Lipinski definition) is 1. The molecule has 27 heavy (non-hydrogen) atoms. The van der Waals surface area contributed by atoms with Crippen LogP contribution in [-0.2, 0) is 17.8 Å². The Morgan fingerprint density at radius 1 is 1.11 bits per heavy atom. The van der Waals surface area contributed by atoms with Gasteiger partial charge in [0.25, 0.3) is 0 Å². The maximum atomic E-state index is 12.4. The molecule has 0 saturated carbocycles. The van der Waals surface area contributed by atoms with Gasteiger partial charge in [-0.25, -0.2) is 0 Å². The molecule has 1 aliphatic carbocycles. The number of nitrogens with zero attached hydrogens (tertiary/aromatic N) is 2. The summed E-state index contributed by atoms with van der Waals surface area (Å²) >= 11 is 0. The van der Waals surface area contributed by atoms with Crippen LogP contribution in [0.5, 0.6) is 0 Å². The van der Waals surface area contributed by atoms with E-state index in [0.717, 1.165) is 36.9 Å². The van der Waals surface area contributed by atoms with Crippen LogP contribution in [0.25, 0.3) is 6.08 Å². The summed E-state index contributed by atoms with van der Waals surface area (Å²) in [5.41, 5.74) is 4.65. The lowest BCUT2D eigenvalue weighted by Crippen LogP contribution is -2.29. The predicted octanol–water partition coefficient (Wildman–Crippen LogP) is 4.14. The van der Waals surface area contributed by atoms with Crippen molar-refractivity contribution in [2.75, 3.05) is 0 Å². The van der Waals surface area contributed by atoms with E-state index in [0.29, 0.717) is 0 Å². The van der Waals surface area contributed by atoms with Gasteiger partial charge in [-0.05, 0) is 36.5 Å². The number of fused-ring (bicyclic) bond motifs is 1. The summed E-state index contributed by atoms with van der Waals surface area (Å²) in [7, 11) is 0. The molecule has 1 aliphatic rings. The molecular formula is C23H23N3O. The average molecular weight is 357 g/mol. The van der Waals surface area contributed by atoms with Crippen molar-refractivity contribution in [1.82, 2.24) is 15.1 Å². The highest BCUT2D eigenvalue weighted by Crippen LogP contribution is 2.30. The zero-order valence-electron chi connectivity index (χ0n) is 15.2. The fourth-order valence-electron chi connectivity index (χ4n) is 3.62. The highest BCUT2D eigenvalue weighted by molar-refractivity contribution is 5.92. The highest BCUT2D eigenvalue weighted by atomic mass is 16.1. The normalized spacial score (nSPS) is 16.2. The molecule has 1 atom stereocenters. The maximum absolute atomic E-state index is 12.4. The lowest BCUT2D eigenvalue weighted by molar-refractivity contribution is -0.117. The molecule has 0 aliphatic heterocycles. The van der Waals surface area contributed by atoms with Gasteiger partial charge in [-0.2, -0.15) is 5.10 Å². The SMILES string of the molecule is O=C(/C=C/c1ccccc1)N[C@H]1CCCc2c1cnn2Cc1ccccc1. The van der Waals surface area contributed by atoms with Crippen molar-refractivity contribution in [2.24, 2.45) is 0 Å². The molecule has 4 nitrogen and oxygen atoms in total. The van der Waals surface area contributed by atoms with Crippen LogP contribution < -0.4 is 5.32 Å². The third-order valence-electron chi connectivity index (χ3n) is 4.98. The molecule has 1 aromatic heterocycles. The second-order valence-corrected chi connectivity index (χ2v) is 6.89. The fraction of sp³-hybridized carbons (Fsp3) is 0.217. The van der Waals surface area contributed by atoms with E-state index < -0.39 is 0 Å². The van der Waals surface area contributed by atoms with Crippen molar-refractivity contribution in [1.29, 1.82) is 0 Å². The summed E-state index contributed by atoms with van der Waals surface area (Å²) in [5.74, 6) is -0.0625. The zero-order valence-corrected chi connectivity index (χ0v) is 15.2. The Labute approximate surface area is 159 Å². The minimum Gasteiger partial charge on any atom is -0.346 e. The molecule has 4 rings (SSSR count). The van der Waals surface area contributed by atoms with Gasteiger partial charge in [0.05, 0.1) is 18.8 Å². The van der Waals surface area contributed by atoms with Crippen LogP contribution in [0, 0.1) is 0 Å². The first-order chi connectivity index (χ1) is 13.3. The minimum atomic E-state index is -0.0625. The van der Waals surface area contributed by atoms with Gasteiger partial charge in [-0.3, -0.25) is 9.48 Å². The van der Waals surface area contributed by atoms with E-state index >= 15 is 0 Å². The fourth-order valence-corrected chi connectivity index (χ4v) is 3.62. The van der Waals surface area contributed by atoms with Crippen LogP contribution in [0.4, 0.5) is 0 Å². The van der Waals surface area contributed by atoms with Crippen LogP contribution >= 0.6 is 0 Å². The third kappa shape index (κ3) is 4.17. The number of rotatable bonds is 5. The van der Waals surface area contributed by atoms with Gasteiger partial charge in [0.2, 0.25) is 5.91 Å². The number of carbonyl (C=O) groups excluding carboxylic acids is 1. The zero-order chi connectivity index (χ0) is 18.5. The van der Waals surface area contributed by atoms with Gasteiger partial charge in [-0.1, -0.05) is 60.7 Å². The van der Waals surface area contributed by atoms with Gasteiger partial charge in [0.15, 0.2) is 0 Å². The molecular weight excluding hydrogens is 334 g/mol. The van der Waals surface area contributed by atoms with Crippen molar-refractivity contribution in [3.63, 3.8) is 0 Å². The van der Waals surface area contributed by atoms with Crippen molar-refractivity contribution < 1.29 is 4.79 Å². The topological polar surface area (TPSA) is 46.9 Å². The third-order valence-corrected chi connectivity index (χ3v) is 4.98. The summed E-state index contributed by atoms with van der Waals surface area (Å²) in [6.07, 6.45) is 8.39. The largest absolute Gasteiger partial charge is 0.346 e. The Bertz CT molecular complexity index is 929. The second kappa shape index (κ2) is 8.04. The first kappa shape index (κ1) is 17.3. The first-order valence-electron chi connectivity index (χ1n) is 9.42. The van der Waals surface area contributed by atoms with E-state index in [1.165, 1.54) is 11.3 Å². The summed E-state index contributed by atoms with van der Waals surface area (Å²) in [6.45, 7) is 0.769. The molecule has 0 saturated heterocycles. The van der Waals surface area contributed by atoms with E-state index in [2.05, 4.69) is 27.2 Å². The number of aromatic nitrogens is 2. The molecule has 0 unspecified atom stereocenters. The Hall–Kier alpha value is -3.14. The quantitative estimate of drug-likeness (QED) is 0.698. The number of hydrogen-bond acceptors (Lipinski definition) is 2. The van der Waals surface area contributed by atoms with Crippen LogP contribution in [0.2, 0.25) is 0 Å².